The number of rotatable bonds is 2. The van der Waals surface area contributed by atoms with Crippen LogP contribution in [-0.2, 0) is 4.74 Å². The average Bonchev–Trinajstić information content (AvgIpc) is 2.48. The Morgan fingerprint density at radius 2 is 2.00 bits per heavy atom. The molecule has 0 aromatic carbocycles. The maximum absolute atomic E-state index is 5.80. The molecule has 0 saturated carbocycles. The Morgan fingerprint density at radius 1 is 1.00 bits per heavy atom. The summed E-state index contributed by atoms with van der Waals surface area (Å²) in [5.74, 6) is 0.924. The van der Waals surface area contributed by atoms with Crippen LogP contribution in [0.3, 0.4) is 0 Å². The third-order valence-electron chi connectivity index (χ3n) is 3.57. The van der Waals surface area contributed by atoms with E-state index in [2.05, 4.69) is 5.32 Å². The molecule has 82 valence electrons. The Morgan fingerprint density at radius 3 is 2.86 bits per heavy atom. The summed E-state index contributed by atoms with van der Waals surface area (Å²) in [5, 5.41) is 3.47. The second-order valence-corrected chi connectivity index (χ2v) is 4.77. The first kappa shape index (κ1) is 10.4. The van der Waals surface area contributed by atoms with E-state index in [0.29, 0.717) is 6.10 Å². The summed E-state index contributed by atoms with van der Waals surface area (Å²) in [5.41, 5.74) is 0. The van der Waals surface area contributed by atoms with Crippen molar-refractivity contribution in [3.63, 3.8) is 0 Å². The fourth-order valence-corrected chi connectivity index (χ4v) is 2.69. The number of nitrogens with one attached hydrogen (secondary N) is 1. The lowest BCUT2D eigenvalue weighted by molar-refractivity contribution is 0.000472. The normalized spacial score (nSPS) is 35.1. The SMILES string of the molecule is C1CCC(CC2CCCNCC2)OC1. The Balaban J connectivity index is 1.71. The lowest BCUT2D eigenvalue weighted by Crippen LogP contribution is -2.23. The molecule has 0 amide bonds. The molecule has 0 aromatic heterocycles. The highest BCUT2D eigenvalue weighted by Gasteiger charge is 2.20. The van der Waals surface area contributed by atoms with Crippen LogP contribution in [0, 0.1) is 5.92 Å². The van der Waals surface area contributed by atoms with Crippen molar-refractivity contribution in [1.29, 1.82) is 0 Å². The summed E-state index contributed by atoms with van der Waals surface area (Å²) < 4.78 is 5.80. The average molecular weight is 197 g/mol. The quantitative estimate of drug-likeness (QED) is 0.733. The van der Waals surface area contributed by atoms with Crippen LogP contribution < -0.4 is 5.32 Å². The van der Waals surface area contributed by atoms with Crippen molar-refractivity contribution in [3.8, 4) is 0 Å². The van der Waals surface area contributed by atoms with Crippen LogP contribution in [0.1, 0.15) is 44.9 Å². The van der Waals surface area contributed by atoms with Crippen LogP contribution >= 0.6 is 0 Å². The first-order chi connectivity index (χ1) is 6.95. The van der Waals surface area contributed by atoms with Gasteiger partial charge in [-0.15, -0.1) is 0 Å². The van der Waals surface area contributed by atoms with E-state index in [4.69, 9.17) is 4.74 Å². The zero-order chi connectivity index (χ0) is 9.64. The van der Waals surface area contributed by atoms with Gasteiger partial charge in [-0.25, -0.2) is 0 Å². The second kappa shape index (κ2) is 5.72. The molecule has 2 atom stereocenters. The van der Waals surface area contributed by atoms with Gasteiger partial charge in [-0.1, -0.05) is 0 Å². The highest BCUT2D eigenvalue weighted by molar-refractivity contribution is 4.73. The predicted octanol–water partition coefficient (Wildman–Crippen LogP) is 2.34. The largest absolute Gasteiger partial charge is 0.378 e. The number of ether oxygens (including phenoxy) is 1. The molecule has 2 aliphatic heterocycles. The minimum atomic E-state index is 0.590. The van der Waals surface area contributed by atoms with Crippen molar-refractivity contribution in [2.75, 3.05) is 19.7 Å². The van der Waals surface area contributed by atoms with Crippen LogP contribution in [0.2, 0.25) is 0 Å². The van der Waals surface area contributed by atoms with Gasteiger partial charge in [0.15, 0.2) is 0 Å². The molecule has 2 heterocycles. The summed E-state index contributed by atoms with van der Waals surface area (Å²) in [6.07, 6.45) is 10.0. The van der Waals surface area contributed by atoms with Gasteiger partial charge >= 0.3 is 0 Å². The zero-order valence-corrected chi connectivity index (χ0v) is 9.13. The van der Waals surface area contributed by atoms with Crippen molar-refractivity contribution in [2.24, 2.45) is 5.92 Å². The van der Waals surface area contributed by atoms with Gasteiger partial charge in [0, 0.05) is 6.61 Å². The molecule has 1 N–H and O–H groups in total. The second-order valence-electron chi connectivity index (χ2n) is 4.77. The third kappa shape index (κ3) is 3.25. The minimum Gasteiger partial charge on any atom is -0.378 e. The molecule has 2 saturated heterocycles. The number of hydrogen-bond acceptors (Lipinski definition) is 2. The fourth-order valence-electron chi connectivity index (χ4n) is 2.69. The van der Waals surface area contributed by atoms with E-state index in [0.717, 1.165) is 12.5 Å². The molecule has 2 fully saturated rings. The van der Waals surface area contributed by atoms with Crippen molar-refractivity contribution in [1.82, 2.24) is 5.32 Å². The smallest absolute Gasteiger partial charge is 0.0577 e. The van der Waals surface area contributed by atoms with E-state index in [1.807, 2.05) is 0 Å². The Labute approximate surface area is 87.4 Å². The standard InChI is InChI=1S/C12H23NO/c1-2-9-14-12(5-1)10-11-4-3-7-13-8-6-11/h11-13H,1-10H2. The van der Waals surface area contributed by atoms with E-state index in [-0.39, 0.29) is 0 Å². The molecule has 2 unspecified atom stereocenters. The summed E-state index contributed by atoms with van der Waals surface area (Å²) in [4.78, 5) is 0. The summed E-state index contributed by atoms with van der Waals surface area (Å²) >= 11 is 0. The highest BCUT2D eigenvalue weighted by atomic mass is 16.5. The van der Waals surface area contributed by atoms with Gasteiger partial charge in [-0.3, -0.25) is 0 Å². The molecular formula is C12H23NO. The first-order valence-electron chi connectivity index (χ1n) is 6.27. The van der Waals surface area contributed by atoms with Crippen LogP contribution in [0.5, 0.6) is 0 Å². The Hall–Kier alpha value is -0.0800. The first-order valence-corrected chi connectivity index (χ1v) is 6.27. The number of hydrogen-bond donors (Lipinski definition) is 1. The maximum Gasteiger partial charge on any atom is 0.0577 e. The van der Waals surface area contributed by atoms with Crippen molar-refractivity contribution < 1.29 is 4.74 Å². The van der Waals surface area contributed by atoms with E-state index in [1.165, 1.54) is 58.0 Å². The van der Waals surface area contributed by atoms with Crippen LogP contribution in [0.4, 0.5) is 0 Å². The third-order valence-corrected chi connectivity index (χ3v) is 3.57. The molecular weight excluding hydrogens is 174 g/mol. The molecule has 2 aliphatic rings. The van der Waals surface area contributed by atoms with Crippen molar-refractivity contribution >= 4 is 0 Å². The minimum absolute atomic E-state index is 0.590. The Bertz CT molecular complexity index is 146. The summed E-state index contributed by atoms with van der Waals surface area (Å²) in [6, 6.07) is 0. The van der Waals surface area contributed by atoms with Gasteiger partial charge in [0.1, 0.15) is 0 Å². The van der Waals surface area contributed by atoms with Crippen LogP contribution in [0.25, 0.3) is 0 Å². The topological polar surface area (TPSA) is 21.3 Å². The molecule has 0 spiro atoms. The zero-order valence-electron chi connectivity index (χ0n) is 9.13. The van der Waals surface area contributed by atoms with Crippen LogP contribution in [0.15, 0.2) is 0 Å². The summed E-state index contributed by atoms with van der Waals surface area (Å²) in [7, 11) is 0. The lowest BCUT2D eigenvalue weighted by atomic mass is 9.91. The van der Waals surface area contributed by atoms with E-state index < -0.39 is 0 Å². The Kier molecular flexibility index (Phi) is 4.26. The maximum atomic E-state index is 5.80. The molecule has 2 nitrogen and oxygen atoms in total. The molecule has 0 bridgehead atoms. The molecule has 2 heteroatoms. The van der Waals surface area contributed by atoms with E-state index >= 15 is 0 Å². The van der Waals surface area contributed by atoms with Crippen molar-refractivity contribution in [3.05, 3.63) is 0 Å². The van der Waals surface area contributed by atoms with Gasteiger partial charge in [0.05, 0.1) is 6.10 Å². The lowest BCUT2D eigenvalue weighted by Gasteiger charge is -2.26. The fraction of sp³-hybridized carbons (Fsp3) is 1.00. The molecule has 0 aromatic rings. The van der Waals surface area contributed by atoms with Gasteiger partial charge in [0.25, 0.3) is 0 Å². The van der Waals surface area contributed by atoms with Gasteiger partial charge in [-0.05, 0) is 64.0 Å². The highest BCUT2D eigenvalue weighted by Crippen LogP contribution is 2.25. The molecule has 14 heavy (non-hydrogen) atoms. The van der Waals surface area contributed by atoms with Crippen molar-refractivity contribution in [2.45, 2.75) is 51.0 Å². The van der Waals surface area contributed by atoms with Gasteiger partial charge < -0.3 is 10.1 Å². The van der Waals surface area contributed by atoms with E-state index in [9.17, 15) is 0 Å². The molecule has 2 rings (SSSR count). The van der Waals surface area contributed by atoms with E-state index in [1.54, 1.807) is 0 Å². The molecule has 0 radical (unpaired) electrons. The molecule has 0 aliphatic carbocycles. The monoisotopic (exact) mass is 197 g/mol. The van der Waals surface area contributed by atoms with Gasteiger partial charge in [0.2, 0.25) is 0 Å². The van der Waals surface area contributed by atoms with Gasteiger partial charge in [-0.2, -0.15) is 0 Å². The summed E-state index contributed by atoms with van der Waals surface area (Å²) in [6.45, 7) is 3.45. The predicted molar refractivity (Wildman–Crippen MR) is 58.4 cm³/mol. The van der Waals surface area contributed by atoms with Crippen LogP contribution in [-0.4, -0.2) is 25.8 Å².